The summed E-state index contributed by atoms with van der Waals surface area (Å²) in [7, 11) is 2.29. The van der Waals surface area contributed by atoms with Gasteiger partial charge in [-0.15, -0.1) is 0 Å². The molecule has 0 fully saturated rings. The normalized spacial score (nSPS) is 11.3. The molecule has 174 valence electrons. The Hall–Kier alpha value is -4.15. The van der Waals surface area contributed by atoms with Crippen LogP contribution in [0.15, 0.2) is 33.9 Å². The molecule has 0 bridgehead atoms. The topological polar surface area (TPSA) is 135 Å². The van der Waals surface area contributed by atoms with Crippen molar-refractivity contribution in [1.82, 2.24) is 19.1 Å². The van der Waals surface area contributed by atoms with Gasteiger partial charge in [-0.25, -0.2) is 19.4 Å². The summed E-state index contributed by atoms with van der Waals surface area (Å²) in [4.78, 5) is 55.9. The summed E-state index contributed by atoms with van der Waals surface area (Å²) in [6.07, 6.45) is 1.88. The molecule has 3 rings (SSSR count). The van der Waals surface area contributed by atoms with E-state index in [1.807, 2.05) is 6.92 Å². The molecule has 2 heterocycles. The van der Waals surface area contributed by atoms with Crippen molar-refractivity contribution in [2.24, 2.45) is 0 Å². The van der Waals surface area contributed by atoms with E-state index in [0.717, 1.165) is 24.4 Å². The van der Waals surface area contributed by atoms with E-state index in [0.29, 0.717) is 18.0 Å². The number of H-pyrrole nitrogens is 1. The predicted molar refractivity (Wildman–Crippen MR) is 120 cm³/mol. The van der Waals surface area contributed by atoms with Gasteiger partial charge in [0.1, 0.15) is 17.1 Å². The minimum absolute atomic E-state index is 0.262. The molecule has 0 radical (unpaired) electrons. The third-order valence-corrected chi connectivity index (χ3v) is 4.91. The minimum atomic E-state index is -1.53. The first-order chi connectivity index (χ1) is 15.8. The number of fused-ring (bicyclic) bond motifs is 1. The van der Waals surface area contributed by atoms with Gasteiger partial charge >= 0.3 is 17.6 Å². The van der Waals surface area contributed by atoms with Crippen LogP contribution in [-0.2, 0) is 32.2 Å². The summed E-state index contributed by atoms with van der Waals surface area (Å²) in [6, 6.07) is 6.55. The molecule has 0 aliphatic carbocycles. The van der Waals surface area contributed by atoms with Crippen LogP contribution in [0.2, 0.25) is 0 Å². The highest BCUT2D eigenvalue weighted by Crippen LogP contribution is 2.17. The van der Waals surface area contributed by atoms with Crippen LogP contribution in [0.5, 0.6) is 5.75 Å². The number of carbonyl (C=O) groups is 2. The third-order valence-electron chi connectivity index (χ3n) is 4.91. The number of imidazole rings is 1. The number of nitrogens with one attached hydrogen (secondary N) is 1. The maximum Gasteiger partial charge on any atom is 0.359 e. The Balaban J connectivity index is 1.85. The molecule has 3 aromatic rings. The van der Waals surface area contributed by atoms with Crippen molar-refractivity contribution in [2.45, 2.75) is 33.0 Å². The fourth-order valence-corrected chi connectivity index (χ4v) is 3.20. The quantitative estimate of drug-likeness (QED) is 0.395. The highest BCUT2D eigenvalue weighted by atomic mass is 16.6. The van der Waals surface area contributed by atoms with Gasteiger partial charge in [0.15, 0.2) is 5.65 Å². The maximum absolute atomic E-state index is 12.6. The van der Waals surface area contributed by atoms with Crippen molar-refractivity contribution < 1.29 is 23.8 Å². The zero-order valence-corrected chi connectivity index (χ0v) is 18.7. The number of hydrogen-bond donors (Lipinski definition) is 1. The lowest BCUT2D eigenvalue weighted by molar-refractivity contribution is -0.163. The second kappa shape index (κ2) is 9.98. The summed E-state index contributed by atoms with van der Waals surface area (Å²) < 4.78 is 17.1. The Labute approximate surface area is 188 Å². The molecule has 0 unspecified atom stereocenters. The summed E-state index contributed by atoms with van der Waals surface area (Å²) >= 11 is 0. The van der Waals surface area contributed by atoms with E-state index in [-0.39, 0.29) is 17.8 Å². The highest BCUT2D eigenvalue weighted by molar-refractivity contribution is 5.98. The second-order valence-corrected chi connectivity index (χ2v) is 6.84. The molecule has 33 heavy (non-hydrogen) atoms. The smallest absolute Gasteiger partial charge is 0.359 e. The zero-order chi connectivity index (χ0) is 24.1. The lowest BCUT2D eigenvalue weighted by Crippen LogP contribution is -2.39. The van der Waals surface area contributed by atoms with Gasteiger partial charge in [0.05, 0.1) is 14.2 Å². The average Bonchev–Trinajstić information content (AvgIpc) is 3.26. The van der Waals surface area contributed by atoms with Crippen molar-refractivity contribution in [3.8, 4) is 5.75 Å². The number of ether oxygens (including phenoxy) is 3. The standard InChI is InChI=1S/C22H24N4O7/c1-5-25-18-16(19(27)26(6-2)22(25)30)23-15(24-18)12-9-13-7-10-14(11-8-13)33-17(20(28)31-3)21(29)32-4/h7-12,17H,5-6H2,1-4H3,(H,23,24)/b12-9+. The number of aromatic nitrogens is 4. The van der Waals surface area contributed by atoms with Crippen molar-refractivity contribution in [3.63, 3.8) is 0 Å². The summed E-state index contributed by atoms with van der Waals surface area (Å²) in [5, 5.41) is 0. The van der Waals surface area contributed by atoms with E-state index in [9.17, 15) is 19.2 Å². The summed E-state index contributed by atoms with van der Waals surface area (Å²) in [5.74, 6) is -1.06. The van der Waals surface area contributed by atoms with Crippen molar-refractivity contribution in [2.75, 3.05) is 14.2 Å². The van der Waals surface area contributed by atoms with Crippen LogP contribution in [0, 0.1) is 0 Å². The van der Waals surface area contributed by atoms with Crippen LogP contribution in [0.25, 0.3) is 23.3 Å². The first-order valence-corrected chi connectivity index (χ1v) is 10.2. The number of nitrogens with zero attached hydrogens (tertiary/aromatic N) is 3. The highest BCUT2D eigenvalue weighted by Gasteiger charge is 2.30. The van der Waals surface area contributed by atoms with Crippen LogP contribution in [0.3, 0.4) is 0 Å². The van der Waals surface area contributed by atoms with Crippen LogP contribution < -0.4 is 16.0 Å². The number of aryl methyl sites for hydroxylation is 1. The summed E-state index contributed by atoms with van der Waals surface area (Å²) in [5.41, 5.74) is 0.513. The molecule has 0 aliphatic heterocycles. The van der Waals surface area contributed by atoms with E-state index in [4.69, 9.17) is 4.74 Å². The van der Waals surface area contributed by atoms with Gasteiger partial charge in [0, 0.05) is 13.1 Å². The first-order valence-electron chi connectivity index (χ1n) is 10.2. The van der Waals surface area contributed by atoms with Gasteiger partial charge in [0.2, 0.25) is 0 Å². The molecule has 0 saturated heterocycles. The van der Waals surface area contributed by atoms with Gasteiger partial charge in [-0.2, -0.15) is 0 Å². The second-order valence-electron chi connectivity index (χ2n) is 6.84. The molecular formula is C22H24N4O7. The third kappa shape index (κ3) is 4.71. The fourth-order valence-electron chi connectivity index (χ4n) is 3.20. The number of methoxy groups -OCH3 is 2. The van der Waals surface area contributed by atoms with Crippen molar-refractivity contribution in [1.29, 1.82) is 0 Å². The first kappa shape index (κ1) is 23.5. The number of rotatable bonds is 8. The lowest BCUT2D eigenvalue weighted by Gasteiger charge is -2.14. The molecule has 2 aromatic heterocycles. The zero-order valence-electron chi connectivity index (χ0n) is 18.7. The molecule has 0 atom stereocenters. The number of esters is 2. The van der Waals surface area contributed by atoms with Gasteiger partial charge in [-0.1, -0.05) is 18.2 Å². The molecule has 1 aromatic carbocycles. The molecule has 0 saturated carbocycles. The van der Waals surface area contributed by atoms with Crippen LogP contribution in [0.1, 0.15) is 25.2 Å². The van der Waals surface area contributed by atoms with Gasteiger partial charge in [-0.3, -0.25) is 13.9 Å². The number of carbonyl (C=O) groups excluding carboxylic acids is 2. The maximum atomic E-state index is 12.6. The molecule has 0 aliphatic rings. The number of benzene rings is 1. The van der Waals surface area contributed by atoms with E-state index in [1.54, 1.807) is 43.3 Å². The largest absolute Gasteiger partial charge is 0.467 e. The molecule has 0 spiro atoms. The van der Waals surface area contributed by atoms with E-state index in [2.05, 4.69) is 19.4 Å². The summed E-state index contributed by atoms with van der Waals surface area (Å²) in [6.45, 7) is 4.18. The Bertz CT molecular complexity index is 1300. The van der Waals surface area contributed by atoms with Crippen molar-refractivity contribution >= 4 is 35.3 Å². The fraction of sp³-hybridized carbons (Fsp3) is 0.318. The van der Waals surface area contributed by atoms with Gasteiger partial charge in [-0.05, 0) is 37.6 Å². The molecule has 11 heteroatoms. The molecule has 1 N–H and O–H groups in total. The monoisotopic (exact) mass is 456 g/mol. The Morgan fingerprint density at radius 2 is 1.61 bits per heavy atom. The SMILES string of the molecule is CCn1c(=O)c2[nH]c(/C=C/c3ccc(OC(C(=O)OC)C(=O)OC)cc3)nc2n(CC)c1=O. The minimum Gasteiger partial charge on any atom is -0.467 e. The van der Waals surface area contributed by atoms with E-state index < -0.39 is 29.3 Å². The predicted octanol–water partition coefficient (Wildman–Crippen LogP) is 1.19. The van der Waals surface area contributed by atoms with Crippen molar-refractivity contribution in [3.05, 3.63) is 56.5 Å². The lowest BCUT2D eigenvalue weighted by atomic mass is 10.2. The Morgan fingerprint density at radius 1 is 1.00 bits per heavy atom. The number of hydrogen-bond acceptors (Lipinski definition) is 8. The van der Waals surface area contributed by atoms with Crippen LogP contribution >= 0.6 is 0 Å². The van der Waals surface area contributed by atoms with Gasteiger partial charge < -0.3 is 19.2 Å². The van der Waals surface area contributed by atoms with Crippen LogP contribution in [-0.4, -0.2) is 51.4 Å². The van der Waals surface area contributed by atoms with E-state index >= 15 is 0 Å². The molecular weight excluding hydrogens is 432 g/mol. The Kier molecular flexibility index (Phi) is 7.11. The Morgan fingerprint density at radius 3 is 2.15 bits per heavy atom. The number of aromatic amines is 1. The van der Waals surface area contributed by atoms with Crippen LogP contribution in [0.4, 0.5) is 0 Å². The van der Waals surface area contributed by atoms with Gasteiger partial charge in [0.25, 0.3) is 11.7 Å². The molecule has 11 nitrogen and oxygen atoms in total. The average molecular weight is 456 g/mol. The molecule has 0 amide bonds. The van der Waals surface area contributed by atoms with E-state index in [1.165, 1.54) is 4.57 Å².